The summed E-state index contributed by atoms with van der Waals surface area (Å²) in [6.07, 6.45) is 1.74. The lowest BCUT2D eigenvalue weighted by Crippen LogP contribution is -2.37. The third-order valence-electron chi connectivity index (χ3n) is 5.24. The molecule has 0 spiro atoms. The summed E-state index contributed by atoms with van der Waals surface area (Å²) in [6, 6.07) is 12.7. The van der Waals surface area contributed by atoms with Gasteiger partial charge in [-0.3, -0.25) is 4.79 Å². The molecule has 2 aromatic carbocycles. The van der Waals surface area contributed by atoms with E-state index in [-0.39, 0.29) is 16.6 Å². The van der Waals surface area contributed by atoms with Gasteiger partial charge in [0.1, 0.15) is 5.82 Å². The molecular formula is C22H27FN2O3S2. The Labute approximate surface area is 182 Å². The molecule has 0 saturated carbocycles. The minimum atomic E-state index is -3.51. The molecule has 162 valence electrons. The van der Waals surface area contributed by atoms with Gasteiger partial charge >= 0.3 is 0 Å². The Morgan fingerprint density at radius 3 is 2.47 bits per heavy atom. The van der Waals surface area contributed by atoms with Crippen LogP contribution in [0.5, 0.6) is 0 Å². The highest BCUT2D eigenvalue weighted by Crippen LogP contribution is 2.23. The molecule has 1 heterocycles. The molecule has 0 radical (unpaired) electrons. The van der Waals surface area contributed by atoms with E-state index >= 15 is 0 Å². The second-order valence-electron chi connectivity index (χ2n) is 7.51. The van der Waals surface area contributed by atoms with Crippen LogP contribution in [0.3, 0.4) is 0 Å². The first-order valence-electron chi connectivity index (χ1n) is 10.1. The number of halogens is 1. The second kappa shape index (κ2) is 10.4. The van der Waals surface area contributed by atoms with E-state index < -0.39 is 10.0 Å². The van der Waals surface area contributed by atoms with Gasteiger partial charge in [0, 0.05) is 36.7 Å². The van der Waals surface area contributed by atoms with Gasteiger partial charge in [-0.05, 0) is 54.7 Å². The molecule has 0 atom stereocenters. The van der Waals surface area contributed by atoms with Gasteiger partial charge in [-0.1, -0.05) is 25.1 Å². The van der Waals surface area contributed by atoms with Crippen molar-refractivity contribution in [3.8, 4) is 0 Å². The fourth-order valence-corrected chi connectivity index (χ4v) is 5.60. The van der Waals surface area contributed by atoms with E-state index in [4.69, 9.17) is 0 Å². The molecule has 8 heteroatoms. The van der Waals surface area contributed by atoms with Gasteiger partial charge in [-0.25, -0.2) is 12.8 Å². The number of hydrogen-bond donors (Lipinski definition) is 1. The first kappa shape index (κ1) is 22.8. The molecule has 3 rings (SSSR count). The van der Waals surface area contributed by atoms with Crippen LogP contribution in [-0.2, 0) is 15.8 Å². The molecule has 0 aliphatic carbocycles. The van der Waals surface area contributed by atoms with Crippen LogP contribution in [0, 0.1) is 11.7 Å². The fraction of sp³-hybridized carbons (Fsp3) is 0.409. The van der Waals surface area contributed by atoms with Crippen LogP contribution in [-0.4, -0.2) is 44.0 Å². The van der Waals surface area contributed by atoms with Gasteiger partial charge in [0.25, 0.3) is 5.91 Å². The Morgan fingerprint density at radius 1 is 1.13 bits per heavy atom. The van der Waals surface area contributed by atoms with E-state index in [0.29, 0.717) is 48.2 Å². The summed E-state index contributed by atoms with van der Waals surface area (Å²) in [5, 5.41) is 2.81. The summed E-state index contributed by atoms with van der Waals surface area (Å²) in [4.78, 5) is 12.5. The van der Waals surface area contributed by atoms with Crippen molar-refractivity contribution in [3.63, 3.8) is 0 Å². The van der Waals surface area contributed by atoms with Crippen LogP contribution in [0.25, 0.3) is 0 Å². The molecule has 5 nitrogen and oxygen atoms in total. The SMILES string of the molecule is CC1CCN(S(=O)(=O)c2ccc(C(=O)NCCSCc3ccccc3F)cc2)CC1. The quantitative estimate of drug-likeness (QED) is 0.620. The highest BCUT2D eigenvalue weighted by molar-refractivity contribution is 7.98. The normalized spacial score (nSPS) is 15.8. The summed E-state index contributed by atoms with van der Waals surface area (Å²) in [6.45, 7) is 3.66. The summed E-state index contributed by atoms with van der Waals surface area (Å²) >= 11 is 1.54. The standard InChI is InChI=1S/C22H27FN2O3S2/c1-17-10-13-25(14-11-17)30(27,28)20-8-6-18(7-9-20)22(26)24-12-15-29-16-19-4-2-3-5-21(19)23/h2-9,17H,10-16H2,1H3,(H,24,26). The van der Waals surface area contributed by atoms with Crippen molar-refractivity contribution in [1.82, 2.24) is 9.62 Å². The van der Waals surface area contributed by atoms with Crippen molar-refractivity contribution in [2.24, 2.45) is 5.92 Å². The van der Waals surface area contributed by atoms with Gasteiger partial charge in [0.05, 0.1) is 4.90 Å². The number of thioether (sulfide) groups is 1. The van der Waals surface area contributed by atoms with Gasteiger partial charge in [0.15, 0.2) is 0 Å². The minimum absolute atomic E-state index is 0.217. The average Bonchev–Trinajstić information content (AvgIpc) is 2.75. The van der Waals surface area contributed by atoms with Gasteiger partial charge in [-0.15, -0.1) is 0 Å². The molecule has 0 aromatic heterocycles. The van der Waals surface area contributed by atoms with E-state index in [1.807, 2.05) is 0 Å². The molecule has 0 unspecified atom stereocenters. The zero-order valence-corrected chi connectivity index (χ0v) is 18.6. The summed E-state index contributed by atoms with van der Waals surface area (Å²) in [7, 11) is -3.51. The number of carbonyl (C=O) groups is 1. The first-order chi connectivity index (χ1) is 14.4. The second-order valence-corrected chi connectivity index (χ2v) is 10.6. The number of nitrogens with zero attached hydrogens (tertiary/aromatic N) is 1. The lowest BCUT2D eigenvalue weighted by Gasteiger charge is -2.29. The maximum absolute atomic E-state index is 13.6. The molecule has 1 amide bonds. The summed E-state index contributed by atoms with van der Waals surface area (Å²) in [5.41, 5.74) is 1.06. The van der Waals surface area contributed by atoms with Crippen LogP contribution in [0.1, 0.15) is 35.7 Å². The van der Waals surface area contributed by atoms with E-state index in [0.717, 1.165) is 12.8 Å². The number of nitrogens with one attached hydrogen (secondary N) is 1. The number of amides is 1. The zero-order chi connectivity index (χ0) is 21.6. The molecule has 1 N–H and O–H groups in total. The highest BCUT2D eigenvalue weighted by atomic mass is 32.2. The Balaban J connectivity index is 1.47. The largest absolute Gasteiger partial charge is 0.351 e. The molecule has 1 aliphatic heterocycles. The first-order valence-corrected chi connectivity index (χ1v) is 12.7. The summed E-state index contributed by atoms with van der Waals surface area (Å²) in [5.74, 6) is 1.28. The van der Waals surface area contributed by atoms with E-state index in [1.165, 1.54) is 34.3 Å². The van der Waals surface area contributed by atoms with E-state index in [9.17, 15) is 17.6 Å². The number of piperidine rings is 1. The number of benzene rings is 2. The van der Waals surface area contributed by atoms with Crippen molar-refractivity contribution in [2.75, 3.05) is 25.4 Å². The van der Waals surface area contributed by atoms with Crippen LogP contribution in [0.15, 0.2) is 53.4 Å². The number of hydrogen-bond acceptors (Lipinski definition) is 4. The van der Waals surface area contributed by atoms with Crippen molar-refractivity contribution >= 4 is 27.7 Å². The predicted molar refractivity (Wildman–Crippen MR) is 118 cm³/mol. The molecule has 1 saturated heterocycles. The topological polar surface area (TPSA) is 66.5 Å². The lowest BCUT2D eigenvalue weighted by atomic mass is 10.0. The molecule has 0 bridgehead atoms. The molecule has 30 heavy (non-hydrogen) atoms. The number of sulfonamides is 1. The smallest absolute Gasteiger partial charge is 0.251 e. The molecule has 1 aliphatic rings. The van der Waals surface area contributed by atoms with Crippen molar-refractivity contribution in [1.29, 1.82) is 0 Å². The van der Waals surface area contributed by atoms with Crippen molar-refractivity contribution in [2.45, 2.75) is 30.4 Å². The Hall–Kier alpha value is -1.90. The van der Waals surface area contributed by atoms with Crippen molar-refractivity contribution in [3.05, 3.63) is 65.5 Å². The monoisotopic (exact) mass is 450 g/mol. The Kier molecular flexibility index (Phi) is 7.91. The molecular weight excluding hydrogens is 423 g/mol. The Morgan fingerprint density at radius 2 is 1.80 bits per heavy atom. The maximum Gasteiger partial charge on any atom is 0.251 e. The van der Waals surface area contributed by atoms with Crippen molar-refractivity contribution < 1.29 is 17.6 Å². The number of carbonyl (C=O) groups excluding carboxylic acids is 1. The van der Waals surface area contributed by atoms with Crippen LogP contribution >= 0.6 is 11.8 Å². The van der Waals surface area contributed by atoms with Gasteiger partial charge < -0.3 is 5.32 Å². The minimum Gasteiger partial charge on any atom is -0.351 e. The molecule has 1 fully saturated rings. The zero-order valence-electron chi connectivity index (χ0n) is 17.0. The fourth-order valence-electron chi connectivity index (χ4n) is 3.29. The third kappa shape index (κ3) is 5.83. The molecule has 2 aromatic rings. The van der Waals surface area contributed by atoms with Crippen LogP contribution < -0.4 is 5.32 Å². The summed E-state index contributed by atoms with van der Waals surface area (Å²) < 4.78 is 40.6. The highest BCUT2D eigenvalue weighted by Gasteiger charge is 2.28. The van der Waals surface area contributed by atoms with E-state index in [1.54, 1.807) is 30.3 Å². The third-order valence-corrected chi connectivity index (χ3v) is 8.17. The van der Waals surface area contributed by atoms with Gasteiger partial charge in [0.2, 0.25) is 10.0 Å². The number of rotatable bonds is 8. The van der Waals surface area contributed by atoms with Crippen LogP contribution in [0.2, 0.25) is 0 Å². The van der Waals surface area contributed by atoms with Crippen LogP contribution in [0.4, 0.5) is 4.39 Å². The maximum atomic E-state index is 13.6. The lowest BCUT2D eigenvalue weighted by molar-refractivity contribution is 0.0956. The van der Waals surface area contributed by atoms with Gasteiger partial charge in [-0.2, -0.15) is 16.1 Å². The predicted octanol–water partition coefficient (Wildman–Crippen LogP) is 3.91. The Bertz CT molecular complexity index is 957. The van der Waals surface area contributed by atoms with E-state index in [2.05, 4.69) is 12.2 Å². The average molecular weight is 451 g/mol.